The summed E-state index contributed by atoms with van der Waals surface area (Å²) >= 11 is 0. The van der Waals surface area contributed by atoms with Crippen LogP contribution in [-0.4, -0.2) is 34.4 Å². The molecule has 0 bridgehead atoms. The molecule has 7 nitrogen and oxygen atoms in total. The molecule has 1 rings (SSSR count). The van der Waals surface area contributed by atoms with Crippen molar-refractivity contribution in [1.82, 2.24) is 10.1 Å². The lowest BCUT2D eigenvalue weighted by molar-refractivity contribution is -0.142. The topological polar surface area (TPSA) is 94.7 Å². The lowest BCUT2D eigenvalue weighted by Crippen LogP contribution is -2.23. The Bertz CT molecular complexity index is 375. The van der Waals surface area contributed by atoms with Gasteiger partial charge in [-0.15, -0.1) is 0 Å². The van der Waals surface area contributed by atoms with Crippen molar-refractivity contribution in [3.8, 4) is 0 Å². The summed E-state index contributed by atoms with van der Waals surface area (Å²) in [6, 6.07) is 0. The molecule has 1 N–H and O–H groups in total. The first-order valence-corrected chi connectivity index (χ1v) is 5.22. The highest BCUT2D eigenvalue weighted by Crippen LogP contribution is 2.21. The molecule has 0 saturated heterocycles. The van der Waals surface area contributed by atoms with Crippen molar-refractivity contribution in [2.24, 2.45) is 0 Å². The zero-order valence-electron chi connectivity index (χ0n) is 10.1. The van der Waals surface area contributed by atoms with Crippen molar-refractivity contribution in [2.75, 3.05) is 13.2 Å². The first-order chi connectivity index (χ1) is 7.95. The van der Waals surface area contributed by atoms with Crippen molar-refractivity contribution < 1.29 is 23.9 Å². The van der Waals surface area contributed by atoms with Crippen LogP contribution in [0.4, 0.5) is 0 Å². The van der Waals surface area contributed by atoms with Gasteiger partial charge in [-0.05, 0) is 20.8 Å². The Kier molecular flexibility index (Phi) is 4.59. The van der Waals surface area contributed by atoms with Gasteiger partial charge < -0.3 is 19.1 Å². The van der Waals surface area contributed by atoms with Crippen LogP contribution in [0.2, 0.25) is 0 Å². The first-order valence-electron chi connectivity index (χ1n) is 5.22. The van der Waals surface area contributed by atoms with E-state index in [4.69, 9.17) is 19.1 Å². The number of rotatable bonds is 7. The monoisotopic (exact) mass is 244 g/mol. The normalized spacial score (nSPS) is 11.7. The van der Waals surface area contributed by atoms with E-state index in [0.717, 1.165) is 0 Å². The fraction of sp³-hybridized carbons (Fsp3) is 0.700. The van der Waals surface area contributed by atoms with E-state index in [1.54, 1.807) is 0 Å². The number of ether oxygens (including phenoxy) is 2. The standard InChI is InChI=1S/C10H16N2O5/c1-4-16-10(2,3)9-11-7(17-12-9)5-15-6-8(13)14/h4-6H2,1-3H3,(H,13,14). The predicted octanol–water partition coefficient (Wildman–Crippen LogP) is 0.942. The zero-order chi connectivity index (χ0) is 12.9. The molecule has 1 aromatic rings. The van der Waals surface area contributed by atoms with Gasteiger partial charge in [0.2, 0.25) is 5.82 Å². The highest BCUT2D eigenvalue weighted by atomic mass is 16.5. The molecule has 0 amide bonds. The summed E-state index contributed by atoms with van der Waals surface area (Å²) in [5.74, 6) is -0.401. The Morgan fingerprint density at radius 3 is 2.82 bits per heavy atom. The minimum atomic E-state index is -1.04. The fourth-order valence-electron chi connectivity index (χ4n) is 1.21. The van der Waals surface area contributed by atoms with Gasteiger partial charge in [-0.1, -0.05) is 5.16 Å². The number of hydrogen-bond acceptors (Lipinski definition) is 6. The zero-order valence-corrected chi connectivity index (χ0v) is 10.1. The Balaban J connectivity index is 2.55. The van der Waals surface area contributed by atoms with Gasteiger partial charge >= 0.3 is 5.97 Å². The quantitative estimate of drug-likeness (QED) is 0.762. The van der Waals surface area contributed by atoms with Crippen LogP contribution in [0.5, 0.6) is 0 Å². The highest BCUT2D eigenvalue weighted by Gasteiger charge is 2.27. The molecule has 0 aliphatic carbocycles. The Hall–Kier alpha value is -1.47. The molecule has 0 aliphatic rings. The second-order valence-corrected chi connectivity index (χ2v) is 3.84. The summed E-state index contributed by atoms with van der Waals surface area (Å²) in [4.78, 5) is 14.3. The average Bonchev–Trinajstić information content (AvgIpc) is 2.66. The third kappa shape index (κ3) is 4.12. The van der Waals surface area contributed by atoms with Gasteiger partial charge in [0.1, 0.15) is 18.8 Å². The Morgan fingerprint density at radius 1 is 1.53 bits per heavy atom. The van der Waals surface area contributed by atoms with E-state index in [0.29, 0.717) is 12.4 Å². The molecule has 96 valence electrons. The lowest BCUT2D eigenvalue weighted by Gasteiger charge is -2.19. The van der Waals surface area contributed by atoms with Gasteiger partial charge in [0, 0.05) is 6.61 Å². The molecular formula is C10H16N2O5. The molecule has 0 atom stereocenters. The molecule has 0 aliphatic heterocycles. The summed E-state index contributed by atoms with van der Waals surface area (Å²) < 4.78 is 15.2. The van der Waals surface area contributed by atoms with Gasteiger partial charge in [-0.25, -0.2) is 4.79 Å². The summed E-state index contributed by atoms with van der Waals surface area (Å²) in [6.45, 7) is 5.63. The van der Waals surface area contributed by atoms with E-state index in [1.807, 2.05) is 20.8 Å². The van der Waals surface area contributed by atoms with Gasteiger partial charge in [0.05, 0.1) is 0 Å². The van der Waals surface area contributed by atoms with Crippen molar-refractivity contribution in [3.63, 3.8) is 0 Å². The Labute approximate surface area is 98.7 Å². The van der Waals surface area contributed by atoms with Crippen LogP contribution in [0.3, 0.4) is 0 Å². The van der Waals surface area contributed by atoms with Gasteiger partial charge in [0.25, 0.3) is 5.89 Å². The molecular weight excluding hydrogens is 228 g/mol. The van der Waals surface area contributed by atoms with Gasteiger partial charge in [-0.3, -0.25) is 0 Å². The van der Waals surface area contributed by atoms with Crippen molar-refractivity contribution in [2.45, 2.75) is 33.0 Å². The van der Waals surface area contributed by atoms with Crippen molar-refractivity contribution in [1.29, 1.82) is 0 Å². The van der Waals surface area contributed by atoms with E-state index in [-0.39, 0.29) is 12.5 Å². The number of aromatic nitrogens is 2. The maximum absolute atomic E-state index is 10.2. The molecule has 1 aromatic heterocycles. The molecule has 0 spiro atoms. The van der Waals surface area contributed by atoms with Crippen LogP contribution in [0.15, 0.2) is 4.52 Å². The van der Waals surface area contributed by atoms with E-state index >= 15 is 0 Å². The van der Waals surface area contributed by atoms with E-state index in [2.05, 4.69) is 10.1 Å². The maximum Gasteiger partial charge on any atom is 0.329 e. The lowest BCUT2D eigenvalue weighted by atomic mass is 10.1. The van der Waals surface area contributed by atoms with Crippen LogP contribution in [0.25, 0.3) is 0 Å². The third-order valence-electron chi connectivity index (χ3n) is 1.96. The molecule has 17 heavy (non-hydrogen) atoms. The van der Waals surface area contributed by atoms with Crippen LogP contribution in [0.1, 0.15) is 32.5 Å². The average molecular weight is 244 g/mol. The number of nitrogens with zero attached hydrogens (tertiary/aromatic N) is 2. The van der Waals surface area contributed by atoms with Gasteiger partial charge in [0.15, 0.2) is 0 Å². The smallest absolute Gasteiger partial charge is 0.329 e. The molecule has 0 aromatic carbocycles. The number of hydrogen-bond donors (Lipinski definition) is 1. The number of carboxylic acid groups (broad SMARTS) is 1. The molecule has 0 saturated carbocycles. The number of carboxylic acids is 1. The van der Waals surface area contributed by atoms with E-state index in [9.17, 15) is 4.79 Å². The van der Waals surface area contributed by atoms with Crippen molar-refractivity contribution >= 4 is 5.97 Å². The second kappa shape index (κ2) is 5.74. The summed E-state index contributed by atoms with van der Waals surface area (Å²) in [5, 5.41) is 12.1. The summed E-state index contributed by atoms with van der Waals surface area (Å²) in [5.41, 5.74) is -0.636. The second-order valence-electron chi connectivity index (χ2n) is 3.84. The predicted molar refractivity (Wildman–Crippen MR) is 56.2 cm³/mol. The number of carbonyl (C=O) groups is 1. The minimum Gasteiger partial charge on any atom is -0.480 e. The van der Waals surface area contributed by atoms with Crippen LogP contribution in [0, 0.1) is 0 Å². The maximum atomic E-state index is 10.2. The number of aliphatic carboxylic acids is 1. The van der Waals surface area contributed by atoms with Crippen molar-refractivity contribution in [3.05, 3.63) is 11.7 Å². The minimum absolute atomic E-state index is 0.0263. The molecule has 0 unspecified atom stereocenters. The third-order valence-corrected chi connectivity index (χ3v) is 1.96. The highest BCUT2D eigenvalue weighted by molar-refractivity contribution is 5.67. The molecule has 0 radical (unpaired) electrons. The molecule has 7 heteroatoms. The largest absolute Gasteiger partial charge is 0.480 e. The summed E-state index contributed by atoms with van der Waals surface area (Å²) in [7, 11) is 0. The van der Waals surface area contributed by atoms with Gasteiger partial charge in [-0.2, -0.15) is 4.98 Å². The van der Waals surface area contributed by atoms with Crippen LogP contribution in [-0.2, 0) is 26.5 Å². The Morgan fingerprint density at radius 2 is 2.24 bits per heavy atom. The van der Waals surface area contributed by atoms with E-state index < -0.39 is 18.2 Å². The molecule has 1 heterocycles. The van der Waals surface area contributed by atoms with E-state index in [1.165, 1.54) is 0 Å². The van der Waals surface area contributed by atoms with Crippen LogP contribution < -0.4 is 0 Å². The fourth-order valence-corrected chi connectivity index (χ4v) is 1.21. The SMILES string of the molecule is CCOC(C)(C)c1noc(COCC(=O)O)n1. The van der Waals surface area contributed by atoms with Crippen LogP contribution >= 0.6 is 0 Å². The summed E-state index contributed by atoms with van der Waals surface area (Å²) in [6.07, 6.45) is 0. The molecule has 0 fully saturated rings. The first kappa shape index (κ1) is 13.6.